The van der Waals surface area contributed by atoms with Crippen LogP contribution in [0.1, 0.15) is 38.2 Å². The van der Waals surface area contributed by atoms with Crippen LogP contribution >= 0.6 is 11.6 Å². The minimum absolute atomic E-state index is 0.334. The molecule has 2 atom stereocenters. The molecule has 1 aromatic carbocycles. The van der Waals surface area contributed by atoms with Crippen molar-refractivity contribution in [2.24, 2.45) is 0 Å². The molecule has 0 amide bonds. The molecule has 1 aliphatic heterocycles. The molecule has 0 aliphatic carbocycles. The molecule has 1 nitrogen and oxygen atoms in total. The summed E-state index contributed by atoms with van der Waals surface area (Å²) in [7, 11) is 0. The molecule has 0 radical (unpaired) electrons. The first kappa shape index (κ1) is 13.8. The predicted molar refractivity (Wildman–Crippen MR) is 74.9 cm³/mol. The van der Waals surface area contributed by atoms with Gasteiger partial charge < -0.3 is 5.32 Å². The topological polar surface area (TPSA) is 12.0 Å². The van der Waals surface area contributed by atoms with Crippen molar-refractivity contribution < 1.29 is 4.39 Å². The fourth-order valence-corrected chi connectivity index (χ4v) is 2.84. The van der Waals surface area contributed by atoms with Gasteiger partial charge >= 0.3 is 0 Å². The molecule has 0 spiro atoms. The van der Waals surface area contributed by atoms with Gasteiger partial charge in [-0.1, -0.05) is 30.2 Å². The Hall–Kier alpha value is -0.600. The summed E-state index contributed by atoms with van der Waals surface area (Å²) in [6, 6.07) is 7.81. The Kier molecular flexibility index (Phi) is 4.63. The molecule has 18 heavy (non-hydrogen) atoms. The van der Waals surface area contributed by atoms with Gasteiger partial charge in [-0.3, -0.25) is 0 Å². The molecule has 1 N–H and O–H groups in total. The first-order valence-corrected chi connectivity index (χ1v) is 7.10. The van der Waals surface area contributed by atoms with Crippen LogP contribution in [0.15, 0.2) is 24.3 Å². The maximum Gasteiger partial charge on any atom is 0.113 e. The van der Waals surface area contributed by atoms with E-state index in [1.54, 1.807) is 6.92 Å². The number of hydrogen-bond acceptors (Lipinski definition) is 1. The molecular weight excluding hydrogens is 249 g/mol. The van der Waals surface area contributed by atoms with Gasteiger partial charge in [-0.2, -0.15) is 0 Å². The summed E-state index contributed by atoms with van der Waals surface area (Å²) >= 11 is 5.83. The minimum atomic E-state index is -1.15. The van der Waals surface area contributed by atoms with E-state index in [9.17, 15) is 4.39 Å². The van der Waals surface area contributed by atoms with E-state index in [1.165, 1.54) is 12.8 Å². The molecular formula is C15H21ClFN. The van der Waals surface area contributed by atoms with Crippen molar-refractivity contribution in [2.45, 2.75) is 50.7 Å². The fourth-order valence-electron chi connectivity index (χ4n) is 2.71. The van der Waals surface area contributed by atoms with Gasteiger partial charge in [0.2, 0.25) is 0 Å². The van der Waals surface area contributed by atoms with E-state index in [4.69, 9.17) is 11.6 Å². The zero-order valence-corrected chi connectivity index (χ0v) is 11.6. The molecule has 2 rings (SSSR count). The van der Waals surface area contributed by atoms with E-state index in [0.717, 1.165) is 18.5 Å². The largest absolute Gasteiger partial charge is 0.314 e. The van der Waals surface area contributed by atoms with Crippen molar-refractivity contribution in [1.29, 1.82) is 0 Å². The fraction of sp³-hybridized carbons (Fsp3) is 0.600. The molecule has 1 heterocycles. The molecule has 1 aliphatic rings. The number of nitrogens with one attached hydrogen (secondary N) is 1. The zero-order valence-electron chi connectivity index (χ0n) is 10.9. The lowest BCUT2D eigenvalue weighted by molar-refractivity contribution is 0.146. The van der Waals surface area contributed by atoms with Crippen molar-refractivity contribution in [3.63, 3.8) is 0 Å². The van der Waals surface area contributed by atoms with Gasteiger partial charge in [-0.15, -0.1) is 0 Å². The molecule has 0 bridgehead atoms. The highest BCUT2D eigenvalue weighted by molar-refractivity contribution is 6.30. The number of piperidine rings is 1. The van der Waals surface area contributed by atoms with E-state index in [2.05, 4.69) is 5.32 Å². The summed E-state index contributed by atoms with van der Waals surface area (Å²) < 4.78 is 14.6. The molecule has 0 saturated carbocycles. The van der Waals surface area contributed by atoms with Gasteiger partial charge in [-0.05, 0) is 50.4 Å². The van der Waals surface area contributed by atoms with E-state index >= 15 is 0 Å². The monoisotopic (exact) mass is 269 g/mol. The summed E-state index contributed by atoms with van der Waals surface area (Å²) in [4.78, 5) is 0. The first-order chi connectivity index (χ1) is 8.55. The highest BCUT2D eigenvalue weighted by atomic mass is 35.5. The van der Waals surface area contributed by atoms with Crippen molar-refractivity contribution in [1.82, 2.24) is 5.32 Å². The van der Waals surface area contributed by atoms with Crippen LogP contribution in [0.5, 0.6) is 0 Å². The molecule has 1 aromatic rings. The van der Waals surface area contributed by atoms with Gasteiger partial charge in [-0.25, -0.2) is 4.39 Å². The lowest BCUT2D eigenvalue weighted by atomic mass is 9.88. The molecule has 1 fully saturated rings. The summed E-state index contributed by atoms with van der Waals surface area (Å²) in [5, 5.41) is 4.11. The third kappa shape index (κ3) is 4.25. The summed E-state index contributed by atoms with van der Waals surface area (Å²) in [5.41, 5.74) is -0.136. The van der Waals surface area contributed by atoms with Crippen molar-refractivity contribution in [3.05, 3.63) is 34.9 Å². The minimum Gasteiger partial charge on any atom is -0.314 e. The van der Waals surface area contributed by atoms with E-state index in [0.29, 0.717) is 23.9 Å². The number of hydrogen-bond donors (Lipinski definition) is 1. The summed E-state index contributed by atoms with van der Waals surface area (Å²) in [6.45, 7) is 2.74. The zero-order chi connectivity index (χ0) is 13.0. The molecule has 2 unspecified atom stereocenters. The maximum absolute atomic E-state index is 14.6. The Morgan fingerprint density at radius 2 is 2.06 bits per heavy atom. The first-order valence-electron chi connectivity index (χ1n) is 6.72. The Bertz CT molecular complexity index is 369. The lowest BCUT2D eigenvalue weighted by Crippen LogP contribution is -2.40. The second-order valence-corrected chi connectivity index (χ2v) is 6.00. The van der Waals surface area contributed by atoms with Crippen LogP contribution in [0, 0.1) is 0 Å². The summed E-state index contributed by atoms with van der Waals surface area (Å²) in [6.07, 6.45) is 4.59. The Morgan fingerprint density at radius 1 is 1.33 bits per heavy atom. The maximum atomic E-state index is 14.6. The van der Waals surface area contributed by atoms with Crippen molar-refractivity contribution >= 4 is 11.6 Å². The number of benzene rings is 1. The summed E-state index contributed by atoms with van der Waals surface area (Å²) in [5.74, 6) is 0. The Labute approximate surface area is 114 Å². The van der Waals surface area contributed by atoms with E-state index < -0.39 is 5.67 Å². The number of alkyl halides is 1. The van der Waals surface area contributed by atoms with Crippen LogP contribution < -0.4 is 5.32 Å². The van der Waals surface area contributed by atoms with Crippen LogP contribution in [-0.4, -0.2) is 18.3 Å². The average Bonchev–Trinajstić information content (AvgIpc) is 2.32. The van der Waals surface area contributed by atoms with Gasteiger partial charge in [0.15, 0.2) is 0 Å². The van der Waals surface area contributed by atoms with E-state index in [1.807, 2.05) is 24.3 Å². The van der Waals surface area contributed by atoms with Crippen molar-refractivity contribution in [2.75, 3.05) is 6.54 Å². The van der Waals surface area contributed by atoms with Gasteiger partial charge in [0.05, 0.1) is 0 Å². The highest BCUT2D eigenvalue weighted by Crippen LogP contribution is 2.26. The quantitative estimate of drug-likeness (QED) is 0.866. The smallest absolute Gasteiger partial charge is 0.113 e. The number of halogens is 2. The second-order valence-electron chi connectivity index (χ2n) is 5.57. The van der Waals surface area contributed by atoms with Gasteiger partial charge in [0.1, 0.15) is 5.67 Å². The normalized spacial score (nSPS) is 23.6. The van der Waals surface area contributed by atoms with E-state index in [-0.39, 0.29) is 0 Å². The standard InChI is InChI=1S/C15H21ClFN/c1-15(17,11-14-4-2-3-9-18-14)10-12-5-7-13(16)8-6-12/h5-8,14,18H,2-4,9-11H2,1H3. The molecule has 0 aromatic heterocycles. The molecule has 100 valence electrons. The third-order valence-electron chi connectivity index (χ3n) is 3.57. The van der Waals surface area contributed by atoms with Crippen LogP contribution in [0.3, 0.4) is 0 Å². The average molecular weight is 270 g/mol. The Balaban J connectivity index is 1.91. The van der Waals surface area contributed by atoms with Crippen molar-refractivity contribution in [3.8, 4) is 0 Å². The number of rotatable bonds is 4. The van der Waals surface area contributed by atoms with Crippen LogP contribution in [0.25, 0.3) is 0 Å². The molecule has 1 saturated heterocycles. The van der Waals surface area contributed by atoms with Crippen LogP contribution in [0.2, 0.25) is 5.02 Å². The predicted octanol–water partition coefficient (Wildman–Crippen LogP) is 4.14. The third-order valence-corrected chi connectivity index (χ3v) is 3.82. The lowest BCUT2D eigenvalue weighted by Gasteiger charge is -2.30. The Morgan fingerprint density at radius 3 is 2.67 bits per heavy atom. The van der Waals surface area contributed by atoms with Crippen LogP contribution in [-0.2, 0) is 6.42 Å². The van der Waals surface area contributed by atoms with Gasteiger partial charge in [0, 0.05) is 17.5 Å². The van der Waals surface area contributed by atoms with Gasteiger partial charge in [0.25, 0.3) is 0 Å². The SMILES string of the molecule is CC(F)(Cc1ccc(Cl)cc1)CC1CCCCN1. The highest BCUT2D eigenvalue weighted by Gasteiger charge is 2.28. The van der Waals surface area contributed by atoms with Crippen LogP contribution in [0.4, 0.5) is 4.39 Å². The second kappa shape index (κ2) is 6.03. The molecule has 3 heteroatoms.